The van der Waals surface area contributed by atoms with Crippen molar-refractivity contribution >= 4 is 0 Å². The quantitative estimate of drug-likeness (QED) is 0.653. The Balaban J connectivity index is 2.19. The fraction of sp³-hybridized carbons (Fsp3) is 1.00. The van der Waals surface area contributed by atoms with Crippen LogP contribution in [0.1, 0.15) is 51.9 Å². The Labute approximate surface area is 88.9 Å². The van der Waals surface area contributed by atoms with Crippen molar-refractivity contribution < 1.29 is 0 Å². The minimum absolute atomic E-state index is 0.675. The van der Waals surface area contributed by atoms with Crippen molar-refractivity contribution in [3.05, 3.63) is 0 Å². The molecule has 2 atom stereocenters. The molecule has 0 aromatic rings. The molecule has 0 bridgehead atoms. The summed E-state index contributed by atoms with van der Waals surface area (Å²) in [5.74, 6) is 0. The third-order valence-corrected chi connectivity index (χ3v) is 4.92. The van der Waals surface area contributed by atoms with E-state index in [2.05, 4.69) is 25.9 Å². The molecule has 1 nitrogen and oxygen atoms in total. The zero-order valence-corrected chi connectivity index (χ0v) is 10.1. The summed E-state index contributed by atoms with van der Waals surface area (Å²) in [7, 11) is 4.48. The van der Waals surface area contributed by atoms with Gasteiger partial charge in [0.2, 0.25) is 0 Å². The van der Waals surface area contributed by atoms with Gasteiger partial charge in [0.25, 0.3) is 0 Å². The third-order valence-electron chi connectivity index (χ3n) is 4.92. The van der Waals surface area contributed by atoms with E-state index < -0.39 is 0 Å². The lowest BCUT2D eigenvalue weighted by Gasteiger charge is -2.49. The topological polar surface area (TPSA) is 3.24 Å². The highest BCUT2D eigenvalue weighted by atomic mass is 15.1. The Hall–Kier alpha value is -0.0400. The van der Waals surface area contributed by atoms with E-state index in [4.69, 9.17) is 0 Å². The van der Waals surface area contributed by atoms with Crippen LogP contribution in [0.5, 0.6) is 0 Å². The summed E-state index contributed by atoms with van der Waals surface area (Å²) in [5.41, 5.74) is 1.35. The predicted octanol–water partition coefficient (Wildman–Crippen LogP) is 3.30. The molecule has 2 rings (SSSR count). The lowest BCUT2D eigenvalue weighted by atomic mass is 9.58. The van der Waals surface area contributed by atoms with Gasteiger partial charge in [-0.25, -0.2) is 0 Å². The summed E-state index contributed by atoms with van der Waals surface area (Å²) < 4.78 is 0. The minimum atomic E-state index is 0.675. The van der Waals surface area contributed by atoms with Gasteiger partial charge in [-0.3, -0.25) is 0 Å². The second kappa shape index (κ2) is 3.52. The van der Waals surface area contributed by atoms with E-state index in [1.807, 2.05) is 0 Å². The number of hydrogen-bond acceptors (Lipinski definition) is 1. The van der Waals surface area contributed by atoms with E-state index in [1.165, 1.54) is 51.5 Å². The monoisotopic (exact) mass is 195 g/mol. The van der Waals surface area contributed by atoms with Gasteiger partial charge in [-0.15, -0.1) is 0 Å². The molecule has 0 saturated heterocycles. The van der Waals surface area contributed by atoms with Gasteiger partial charge in [-0.05, 0) is 50.6 Å². The van der Waals surface area contributed by atoms with Gasteiger partial charge in [-0.2, -0.15) is 0 Å². The molecule has 0 heterocycles. The molecule has 2 saturated carbocycles. The van der Waals surface area contributed by atoms with Crippen LogP contribution in [-0.2, 0) is 0 Å². The number of nitrogens with zero attached hydrogens (tertiary/aromatic N) is 1. The summed E-state index contributed by atoms with van der Waals surface area (Å²) in [6.07, 6.45) is 10.4. The third kappa shape index (κ3) is 1.50. The molecular formula is C13H25N. The Morgan fingerprint density at radius 2 is 1.50 bits per heavy atom. The normalized spacial score (nSPS) is 42.9. The van der Waals surface area contributed by atoms with Gasteiger partial charge in [0, 0.05) is 6.54 Å². The first kappa shape index (κ1) is 10.5. The van der Waals surface area contributed by atoms with Crippen LogP contribution in [0.3, 0.4) is 0 Å². The number of hydrogen-bond donors (Lipinski definition) is 0. The van der Waals surface area contributed by atoms with Crippen molar-refractivity contribution in [2.24, 2.45) is 10.8 Å². The van der Waals surface area contributed by atoms with Crippen molar-refractivity contribution in [1.82, 2.24) is 4.90 Å². The first-order chi connectivity index (χ1) is 6.58. The molecule has 0 radical (unpaired) electrons. The Bertz CT molecular complexity index is 211. The summed E-state index contributed by atoms with van der Waals surface area (Å²) in [6, 6.07) is 0. The van der Waals surface area contributed by atoms with Gasteiger partial charge in [-0.1, -0.05) is 26.2 Å². The van der Waals surface area contributed by atoms with Crippen LogP contribution in [0.4, 0.5) is 0 Å². The lowest BCUT2D eigenvalue weighted by Crippen LogP contribution is -2.45. The predicted molar refractivity (Wildman–Crippen MR) is 61.4 cm³/mol. The molecule has 0 aromatic carbocycles. The van der Waals surface area contributed by atoms with E-state index >= 15 is 0 Å². The summed E-state index contributed by atoms with van der Waals surface area (Å²) in [4.78, 5) is 2.41. The molecule has 2 fully saturated rings. The maximum absolute atomic E-state index is 2.56. The standard InChI is InChI=1S/C13H25N/c1-12-7-4-5-9-13(12,10-6-8-12)11-14(2)3/h4-11H2,1-3H3/t12?,13-/m1/s1. The highest BCUT2D eigenvalue weighted by molar-refractivity contribution is 5.03. The molecule has 2 aliphatic rings. The van der Waals surface area contributed by atoms with Crippen molar-refractivity contribution in [2.45, 2.75) is 51.9 Å². The van der Waals surface area contributed by atoms with E-state index in [-0.39, 0.29) is 0 Å². The number of fused-ring (bicyclic) bond motifs is 1. The maximum Gasteiger partial charge on any atom is 0.00371 e. The van der Waals surface area contributed by atoms with Gasteiger partial charge in [0.05, 0.1) is 0 Å². The molecule has 2 aliphatic carbocycles. The molecule has 82 valence electrons. The van der Waals surface area contributed by atoms with Gasteiger partial charge < -0.3 is 4.90 Å². The van der Waals surface area contributed by atoms with E-state index in [0.717, 1.165) is 0 Å². The molecule has 0 spiro atoms. The van der Waals surface area contributed by atoms with Gasteiger partial charge in [0.1, 0.15) is 0 Å². The Kier molecular flexibility index (Phi) is 2.63. The fourth-order valence-electron chi connectivity index (χ4n) is 4.13. The van der Waals surface area contributed by atoms with Crippen LogP contribution in [0, 0.1) is 10.8 Å². The van der Waals surface area contributed by atoms with Gasteiger partial charge in [0.15, 0.2) is 0 Å². The van der Waals surface area contributed by atoms with Crippen LogP contribution >= 0.6 is 0 Å². The van der Waals surface area contributed by atoms with E-state index in [9.17, 15) is 0 Å². The minimum Gasteiger partial charge on any atom is -0.309 e. The highest BCUT2D eigenvalue weighted by Gasteiger charge is 2.52. The SMILES string of the molecule is CN(C)C[C@]12CCCCC1(C)CCC2. The largest absolute Gasteiger partial charge is 0.309 e. The zero-order valence-electron chi connectivity index (χ0n) is 10.1. The van der Waals surface area contributed by atoms with Crippen LogP contribution in [0.15, 0.2) is 0 Å². The Morgan fingerprint density at radius 1 is 0.929 bits per heavy atom. The van der Waals surface area contributed by atoms with Crippen LogP contribution in [-0.4, -0.2) is 25.5 Å². The first-order valence-electron chi connectivity index (χ1n) is 6.23. The van der Waals surface area contributed by atoms with Crippen molar-refractivity contribution in [3.63, 3.8) is 0 Å². The van der Waals surface area contributed by atoms with Crippen LogP contribution < -0.4 is 0 Å². The number of rotatable bonds is 2. The second-order valence-corrected chi connectivity index (χ2v) is 6.14. The smallest absolute Gasteiger partial charge is 0.00371 e. The molecule has 0 amide bonds. The Morgan fingerprint density at radius 3 is 2.21 bits per heavy atom. The van der Waals surface area contributed by atoms with E-state index in [1.54, 1.807) is 0 Å². The fourth-order valence-corrected chi connectivity index (χ4v) is 4.13. The van der Waals surface area contributed by atoms with Gasteiger partial charge >= 0.3 is 0 Å². The van der Waals surface area contributed by atoms with Crippen LogP contribution in [0.25, 0.3) is 0 Å². The average Bonchev–Trinajstić information content (AvgIpc) is 2.41. The molecule has 1 heteroatoms. The maximum atomic E-state index is 2.56. The summed E-state index contributed by atoms with van der Waals surface area (Å²) >= 11 is 0. The molecule has 0 N–H and O–H groups in total. The van der Waals surface area contributed by atoms with Crippen molar-refractivity contribution in [3.8, 4) is 0 Å². The molecule has 14 heavy (non-hydrogen) atoms. The average molecular weight is 195 g/mol. The molecular weight excluding hydrogens is 170 g/mol. The molecule has 1 unspecified atom stereocenters. The van der Waals surface area contributed by atoms with Crippen molar-refractivity contribution in [1.29, 1.82) is 0 Å². The first-order valence-corrected chi connectivity index (χ1v) is 6.23. The highest BCUT2D eigenvalue weighted by Crippen LogP contribution is 2.60. The molecule has 0 aliphatic heterocycles. The molecule has 0 aromatic heterocycles. The lowest BCUT2D eigenvalue weighted by molar-refractivity contribution is 0.0102. The summed E-state index contributed by atoms with van der Waals surface area (Å²) in [6.45, 7) is 3.88. The van der Waals surface area contributed by atoms with Crippen LogP contribution in [0.2, 0.25) is 0 Å². The van der Waals surface area contributed by atoms with Crippen molar-refractivity contribution in [2.75, 3.05) is 20.6 Å². The zero-order chi connectivity index (χ0) is 10.2. The summed E-state index contributed by atoms with van der Waals surface area (Å²) in [5, 5.41) is 0. The second-order valence-electron chi connectivity index (χ2n) is 6.14. The van der Waals surface area contributed by atoms with E-state index in [0.29, 0.717) is 10.8 Å².